The summed E-state index contributed by atoms with van der Waals surface area (Å²) >= 11 is 0. The number of benzene rings is 1. The predicted octanol–water partition coefficient (Wildman–Crippen LogP) is 2.57. The van der Waals surface area contributed by atoms with Gasteiger partial charge in [0, 0.05) is 30.8 Å². The second-order valence-electron chi connectivity index (χ2n) is 5.65. The summed E-state index contributed by atoms with van der Waals surface area (Å²) in [5, 5.41) is 7.53. The Morgan fingerprint density at radius 3 is 3.04 bits per heavy atom. The van der Waals surface area contributed by atoms with Gasteiger partial charge in [-0.25, -0.2) is 0 Å². The van der Waals surface area contributed by atoms with Crippen LogP contribution in [0.3, 0.4) is 0 Å². The van der Waals surface area contributed by atoms with Crippen molar-refractivity contribution in [1.82, 2.24) is 15.5 Å². The average molecular weight is 341 g/mol. The van der Waals surface area contributed by atoms with E-state index in [2.05, 4.69) is 15.5 Å². The lowest BCUT2D eigenvalue weighted by molar-refractivity contribution is 0.0896. The lowest BCUT2D eigenvalue weighted by Crippen LogP contribution is -2.35. The molecule has 0 bridgehead atoms. The number of amides is 1. The van der Waals surface area contributed by atoms with Crippen LogP contribution in [0.25, 0.3) is 10.9 Å². The van der Waals surface area contributed by atoms with Crippen LogP contribution in [0.2, 0.25) is 0 Å². The molecule has 3 aromatic rings. The van der Waals surface area contributed by atoms with Gasteiger partial charge >= 0.3 is 0 Å². The molecule has 0 aliphatic heterocycles. The molecule has 2 heterocycles. The third kappa shape index (κ3) is 4.33. The number of aromatic nitrogens is 2. The van der Waals surface area contributed by atoms with E-state index in [0.717, 1.165) is 10.9 Å². The van der Waals surface area contributed by atoms with E-state index in [9.17, 15) is 4.79 Å². The second kappa shape index (κ2) is 7.76. The van der Waals surface area contributed by atoms with Gasteiger partial charge in [-0.3, -0.25) is 9.78 Å². The van der Waals surface area contributed by atoms with Gasteiger partial charge in [0.05, 0.1) is 12.1 Å². The molecule has 1 amide bonds. The summed E-state index contributed by atoms with van der Waals surface area (Å²) in [6, 6.07) is 10.9. The van der Waals surface area contributed by atoms with Crippen LogP contribution < -0.4 is 10.1 Å². The number of ether oxygens (including phenoxy) is 2. The standard InChI is InChI=1S/C18H19N3O4/c1-12(10-23-2)20-18(22)17-9-15(25-21-17)11-24-14-5-6-16-13(8-14)4-3-7-19-16/h3-9,12H,10-11H2,1-2H3,(H,20,22). The smallest absolute Gasteiger partial charge is 0.273 e. The van der Waals surface area contributed by atoms with Crippen LogP contribution in [-0.4, -0.2) is 35.8 Å². The van der Waals surface area contributed by atoms with Crippen molar-refractivity contribution in [2.24, 2.45) is 0 Å². The highest BCUT2D eigenvalue weighted by molar-refractivity contribution is 5.92. The SMILES string of the molecule is COCC(C)NC(=O)c1cc(COc2ccc3ncccc3c2)on1. The minimum atomic E-state index is -0.309. The number of fused-ring (bicyclic) bond motifs is 1. The van der Waals surface area contributed by atoms with Crippen molar-refractivity contribution >= 4 is 16.8 Å². The second-order valence-corrected chi connectivity index (χ2v) is 5.65. The summed E-state index contributed by atoms with van der Waals surface area (Å²) in [6.45, 7) is 2.45. The first-order chi connectivity index (χ1) is 12.2. The third-order valence-electron chi connectivity index (χ3n) is 3.54. The largest absolute Gasteiger partial charge is 0.486 e. The maximum Gasteiger partial charge on any atom is 0.273 e. The quantitative estimate of drug-likeness (QED) is 0.711. The van der Waals surface area contributed by atoms with E-state index in [1.54, 1.807) is 19.4 Å². The Morgan fingerprint density at radius 2 is 2.20 bits per heavy atom. The van der Waals surface area contributed by atoms with E-state index in [1.807, 2.05) is 37.3 Å². The number of pyridine rings is 1. The van der Waals surface area contributed by atoms with Gasteiger partial charge in [0.15, 0.2) is 11.5 Å². The molecular formula is C18H19N3O4. The van der Waals surface area contributed by atoms with Crippen molar-refractivity contribution in [3.8, 4) is 5.75 Å². The molecule has 0 saturated heterocycles. The molecule has 2 aromatic heterocycles. The van der Waals surface area contributed by atoms with Gasteiger partial charge < -0.3 is 19.3 Å². The Kier molecular flexibility index (Phi) is 5.25. The normalized spacial score (nSPS) is 12.1. The highest BCUT2D eigenvalue weighted by atomic mass is 16.5. The van der Waals surface area contributed by atoms with E-state index in [1.165, 1.54) is 0 Å². The topological polar surface area (TPSA) is 86.5 Å². The van der Waals surface area contributed by atoms with Gasteiger partial charge in [-0.05, 0) is 31.2 Å². The van der Waals surface area contributed by atoms with Gasteiger partial charge in [0.2, 0.25) is 0 Å². The van der Waals surface area contributed by atoms with Gasteiger partial charge in [0.25, 0.3) is 5.91 Å². The van der Waals surface area contributed by atoms with Crippen molar-refractivity contribution in [3.05, 3.63) is 54.0 Å². The Morgan fingerprint density at radius 1 is 1.32 bits per heavy atom. The zero-order chi connectivity index (χ0) is 17.6. The summed E-state index contributed by atoms with van der Waals surface area (Å²) in [4.78, 5) is 16.3. The van der Waals surface area contributed by atoms with Gasteiger partial charge in [-0.15, -0.1) is 0 Å². The molecule has 0 radical (unpaired) electrons. The fraction of sp³-hybridized carbons (Fsp3) is 0.278. The molecular weight excluding hydrogens is 322 g/mol. The molecule has 7 nitrogen and oxygen atoms in total. The van der Waals surface area contributed by atoms with E-state index in [0.29, 0.717) is 18.1 Å². The molecule has 1 unspecified atom stereocenters. The maximum atomic E-state index is 12.0. The van der Waals surface area contributed by atoms with Crippen LogP contribution in [0.4, 0.5) is 0 Å². The van der Waals surface area contributed by atoms with E-state index < -0.39 is 0 Å². The number of rotatable bonds is 7. The maximum absolute atomic E-state index is 12.0. The summed E-state index contributed by atoms with van der Waals surface area (Å²) in [5.74, 6) is 0.851. The van der Waals surface area contributed by atoms with Crippen LogP contribution in [-0.2, 0) is 11.3 Å². The molecule has 25 heavy (non-hydrogen) atoms. The molecule has 1 N–H and O–H groups in total. The number of nitrogens with one attached hydrogen (secondary N) is 1. The average Bonchev–Trinajstić information content (AvgIpc) is 3.09. The Hall–Kier alpha value is -2.93. The van der Waals surface area contributed by atoms with Crippen molar-refractivity contribution in [2.75, 3.05) is 13.7 Å². The van der Waals surface area contributed by atoms with Crippen molar-refractivity contribution in [2.45, 2.75) is 19.6 Å². The van der Waals surface area contributed by atoms with Gasteiger partial charge in [-0.1, -0.05) is 11.2 Å². The molecule has 0 saturated carbocycles. The molecule has 1 atom stereocenters. The monoisotopic (exact) mass is 341 g/mol. The molecule has 3 rings (SSSR count). The van der Waals surface area contributed by atoms with Crippen LogP contribution in [0.5, 0.6) is 5.75 Å². The lowest BCUT2D eigenvalue weighted by Gasteiger charge is -2.10. The predicted molar refractivity (Wildman–Crippen MR) is 91.4 cm³/mol. The minimum absolute atomic E-state index is 0.111. The van der Waals surface area contributed by atoms with Crippen LogP contribution in [0, 0.1) is 0 Å². The number of carbonyl (C=O) groups is 1. The van der Waals surface area contributed by atoms with Gasteiger partial charge in [-0.2, -0.15) is 0 Å². The van der Waals surface area contributed by atoms with E-state index in [4.69, 9.17) is 14.0 Å². The molecule has 0 aliphatic carbocycles. The first-order valence-electron chi connectivity index (χ1n) is 7.88. The molecule has 0 spiro atoms. The third-order valence-corrected chi connectivity index (χ3v) is 3.54. The van der Waals surface area contributed by atoms with E-state index >= 15 is 0 Å². The van der Waals surface area contributed by atoms with Gasteiger partial charge in [0.1, 0.15) is 12.4 Å². The summed E-state index contributed by atoms with van der Waals surface area (Å²) in [5.41, 5.74) is 1.11. The van der Waals surface area contributed by atoms with Crippen molar-refractivity contribution in [1.29, 1.82) is 0 Å². The first-order valence-corrected chi connectivity index (χ1v) is 7.88. The zero-order valence-corrected chi connectivity index (χ0v) is 14.1. The van der Waals surface area contributed by atoms with Crippen LogP contribution >= 0.6 is 0 Å². The number of nitrogens with zero attached hydrogens (tertiary/aromatic N) is 2. The Bertz CT molecular complexity index is 862. The lowest BCUT2D eigenvalue weighted by atomic mass is 10.2. The Balaban J connectivity index is 1.60. The number of hydrogen-bond donors (Lipinski definition) is 1. The zero-order valence-electron chi connectivity index (χ0n) is 14.1. The number of hydrogen-bond acceptors (Lipinski definition) is 6. The molecule has 130 valence electrons. The van der Waals surface area contributed by atoms with Crippen LogP contribution in [0.15, 0.2) is 47.1 Å². The number of carbonyl (C=O) groups excluding carboxylic acids is 1. The highest BCUT2D eigenvalue weighted by Gasteiger charge is 2.15. The fourth-order valence-corrected chi connectivity index (χ4v) is 2.38. The first kappa shape index (κ1) is 16.9. The van der Waals surface area contributed by atoms with E-state index in [-0.39, 0.29) is 24.2 Å². The van der Waals surface area contributed by atoms with Crippen molar-refractivity contribution in [3.63, 3.8) is 0 Å². The fourth-order valence-electron chi connectivity index (χ4n) is 2.38. The minimum Gasteiger partial charge on any atom is -0.486 e. The molecule has 0 aliphatic rings. The molecule has 7 heteroatoms. The molecule has 0 fully saturated rings. The Labute approximate surface area is 144 Å². The highest BCUT2D eigenvalue weighted by Crippen LogP contribution is 2.20. The summed E-state index contributed by atoms with van der Waals surface area (Å²) in [7, 11) is 1.58. The van der Waals surface area contributed by atoms with Crippen LogP contribution in [0.1, 0.15) is 23.2 Å². The van der Waals surface area contributed by atoms with Crippen molar-refractivity contribution < 1.29 is 18.8 Å². The summed E-state index contributed by atoms with van der Waals surface area (Å²) < 4.78 is 15.8. The number of methoxy groups -OCH3 is 1. The summed E-state index contributed by atoms with van der Waals surface area (Å²) in [6.07, 6.45) is 1.75. The molecule has 1 aromatic carbocycles.